The highest BCUT2D eigenvalue weighted by Gasteiger charge is 2.19. The highest BCUT2D eigenvalue weighted by atomic mass is 32.2. The van der Waals surface area contributed by atoms with Crippen molar-refractivity contribution in [2.75, 3.05) is 7.05 Å². The molecule has 2 N–H and O–H groups in total. The minimum Gasteiger partial charge on any atom is -0.315 e. The Kier molecular flexibility index (Phi) is 4.98. The summed E-state index contributed by atoms with van der Waals surface area (Å²) in [6, 6.07) is 5.70. The van der Waals surface area contributed by atoms with Gasteiger partial charge in [0.1, 0.15) is 0 Å². The van der Waals surface area contributed by atoms with E-state index in [0.29, 0.717) is 18.0 Å². The summed E-state index contributed by atoms with van der Waals surface area (Å²) in [4.78, 5) is 4.44. The molecule has 0 saturated carbocycles. The summed E-state index contributed by atoms with van der Waals surface area (Å²) in [6.07, 6.45) is 0. The zero-order valence-corrected chi connectivity index (χ0v) is 14.1. The lowest BCUT2D eigenvalue weighted by atomic mass is 10.4. The van der Waals surface area contributed by atoms with Crippen LogP contribution in [0.1, 0.15) is 19.5 Å². The highest BCUT2D eigenvalue weighted by molar-refractivity contribution is 7.89. The molecule has 0 radical (unpaired) electrons. The number of rotatable bonds is 6. The molecule has 2 aromatic heterocycles. The Balaban J connectivity index is 2.13. The van der Waals surface area contributed by atoms with E-state index in [4.69, 9.17) is 0 Å². The number of sulfonamides is 1. The van der Waals surface area contributed by atoms with E-state index < -0.39 is 10.0 Å². The van der Waals surface area contributed by atoms with Crippen molar-refractivity contribution in [3.05, 3.63) is 37.7 Å². The molecule has 0 fully saturated rings. The molecule has 0 aliphatic heterocycles. The molecular formula is C13H18N2O2S3. The van der Waals surface area contributed by atoms with Gasteiger partial charge in [-0.1, -0.05) is 0 Å². The summed E-state index contributed by atoms with van der Waals surface area (Å²) < 4.78 is 27.3. The van der Waals surface area contributed by atoms with Gasteiger partial charge in [-0.05, 0) is 39.1 Å². The molecule has 0 unspecified atom stereocenters. The number of hydrogen-bond donors (Lipinski definition) is 2. The van der Waals surface area contributed by atoms with Crippen LogP contribution in [0.4, 0.5) is 0 Å². The first kappa shape index (κ1) is 15.7. The van der Waals surface area contributed by atoms with Crippen LogP contribution in [0.2, 0.25) is 0 Å². The molecule has 0 aromatic carbocycles. The van der Waals surface area contributed by atoms with Gasteiger partial charge in [0.15, 0.2) is 0 Å². The summed E-state index contributed by atoms with van der Waals surface area (Å²) in [5.74, 6) is 0. The first-order valence-electron chi connectivity index (χ1n) is 6.21. The van der Waals surface area contributed by atoms with Crippen LogP contribution in [0, 0.1) is 13.8 Å². The van der Waals surface area contributed by atoms with Crippen LogP contribution in [0.15, 0.2) is 23.1 Å². The molecule has 0 aliphatic carbocycles. The van der Waals surface area contributed by atoms with Crippen LogP contribution in [0.5, 0.6) is 0 Å². The Morgan fingerprint density at radius 3 is 2.45 bits per heavy atom. The predicted molar refractivity (Wildman–Crippen MR) is 84.9 cm³/mol. The highest BCUT2D eigenvalue weighted by Crippen LogP contribution is 2.26. The van der Waals surface area contributed by atoms with E-state index in [1.165, 1.54) is 16.2 Å². The summed E-state index contributed by atoms with van der Waals surface area (Å²) >= 11 is 3.12. The zero-order chi connectivity index (χ0) is 14.8. The first-order valence-corrected chi connectivity index (χ1v) is 9.33. The van der Waals surface area contributed by atoms with Gasteiger partial charge in [-0.15, -0.1) is 22.7 Å². The summed E-state index contributed by atoms with van der Waals surface area (Å²) in [5.41, 5.74) is 0. The van der Waals surface area contributed by atoms with E-state index in [1.54, 1.807) is 17.4 Å². The minimum absolute atomic E-state index is 0.345. The standard InChI is InChI=1S/C13H18N2O2S3/c1-9-4-5-11(18-9)8-15-20(16,17)13-6-12(7-14-3)19-10(13)2/h4-6,14-15H,7-8H2,1-3H3. The van der Waals surface area contributed by atoms with E-state index >= 15 is 0 Å². The molecular weight excluding hydrogens is 312 g/mol. The molecule has 20 heavy (non-hydrogen) atoms. The van der Waals surface area contributed by atoms with Crippen molar-refractivity contribution in [2.24, 2.45) is 0 Å². The molecule has 0 aliphatic rings. The van der Waals surface area contributed by atoms with Gasteiger partial charge in [0.25, 0.3) is 0 Å². The third kappa shape index (κ3) is 3.67. The van der Waals surface area contributed by atoms with Gasteiger partial charge in [0.05, 0.1) is 4.90 Å². The van der Waals surface area contributed by atoms with E-state index in [9.17, 15) is 8.42 Å². The third-order valence-electron chi connectivity index (χ3n) is 2.80. The summed E-state index contributed by atoms with van der Waals surface area (Å²) in [7, 11) is -1.59. The fourth-order valence-corrected chi connectivity index (χ4v) is 5.45. The second kappa shape index (κ2) is 6.36. The van der Waals surface area contributed by atoms with Gasteiger partial charge in [-0.3, -0.25) is 0 Å². The molecule has 7 heteroatoms. The molecule has 0 amide bonds. The van der Waals surface area contributed by atoms with Crippen molar-refractivity contribution in [1.82, 2.24) is 10.0 Å². The normalized spacial score (nSPS) is 11.9. The number of hydrogen-bond acceptors (Lipinski definition) is 5. The fraction of sp³-hybridized carbons (Fsp3) is 0.385. The number of thiophene rings is 2. The van der Waals surface area contributed by atoms with E-state index in [-0.39, 0.29) is 0 Å². The lowest BCUT2D eigenvalue weighted by molar-refractivity contribution is 0.581. The van der Waals surface area contributed by atoms with Crippen LogP contribution < -0.4 is 10.0 Å². The molecule has 2 rings (SSSR count). The van der Waals surface area contributed by atoms with Crippen molar-refractivity contribution in [2.45, 2.75) is 31.8 Å². The predicted octanol–water partition coefficient (Wildman–Crippen LogP) is 2.62. The Morgan fingerprint density at radius 2 is 1.85 bits per heavy atom. The Bertz CT molecular complexity index is 686. The van der Waals surface area contributed by atoms with Crippen LogP contribution >= 0.6 is 22.7 Å². The fourth-order valence-electron chi connectivity index (χ4n) is 1.88. The molecule has 2 aromatic rings. The van der Waals surface area contributed by atoms with Gasteiger partial charge in [-0.25, -0.2) is 13.1 Å². The second-order valence-electron chi connectivity index (χ2n) is 4.50. The Morgan fingerprint density at radius 1 is 1.10 bits per heavy atom. The van der Waals surface area contributed by atoms with Gasteiger partial charge >= 0.3 is 0 Å². The summed E-state index contributed by atoms with van der Waals surface area (Å²) in [6.45, 7) is 4.88. The molecule has 0 spiro atoms. The van der Waals surface area contributed by atoms with Crippen LogP contribution in [0.25, 0.3) is 0 Å². The van der Waals surface area contributed by atoms with Crippen molar-refractivity contribution >= 4 is 32.7 Å². The molecule has 0 atom stereocenters. The van der Waals surface area contributed by atoms with Crippen LogP contribution in [0.3, 0.4) is 0 Å². The minimum atomic E-state index is -3.44. The smallest absolute Gasteiger partial charge is 0.242 e. The SMILES string of the molecule is CNCc1cc(S(=O)(=O)NCc2ccc(C)s2)c(C)s1. The first-order chi connectivity index (χ1) is 9.42. The topological polar surface area (TPSA) is 58.2 Å². The maximum atomic E-state index is 12.3. The van der Waals surface area contributed by atoms with Crippen LogP contribution in [-0.4, -0.2) is 15.5 Å². The Labute approximate surface area is 127 Å². The number of aryl methyl sites for hydroxylation is 2. The number of nitrogens with one attached hydrogen (secondary N) is 2. The maximum Gasteiger partial charge on any atom is 0.242 e. The molecule has 0 saturated heterocycles. The van der Waals surface area contributed by atoms with Gasteiger partial charge in [-0.2, -0.15) is 0 Å². The Hall–Kier alpha value is -0.730. The van der Waals surface area contributed by atoms with E-state index in [0.717, 1.165) is 14.6 Å². The van der Waals surface area contributed by atoms with Gasteiger partial charge < -0.3 is 5.32 Å². The van der Waals surface area contributed by atoms with Crippen molar-refractivity contribution < 1.29 is 8.42 Å². The molecule has 110 valence electrons. The maximum absolute atomic E-state index is 12.3. The zero-order valence-electron chi connectivity index (χ0n) is 11.7. The quantitative estimate of drug-likeness (QED) is 0.856. The van der Waals surface area contributed by atoms with Crippen molar-refractivity contribution in [3.63, 3.8) is 0 Å². The average molecular weight is 330 g/mol. The second-order valence-corrected chi connectivity index (χ2v) is 8.95. The van der Waals surface area contributed by atoms with Gasteiger partial charge in [0, 0.05) is 32.6 Å². The molecule has 4 nitrogen and oxygen atoms in total. The van der Waals surface area contributed by atoms with E-state index in [1.807, 2.05) is 33.0 Å². The average Bonchev–Trinajstić information content (AvgIpc) is 2.94. The lowest BCUT2D eigenvalue weighted by Crippen LogP contribution is -2.23. The third-order valence-corrected chi connectivity index (χ3v) is 6.50. The monoisotopic (exact) mass is 330 g/mol. The van der Waals surface area contributed by atoms with Gasteiger partial charge in [0.2, 0.25) is 10.0 Å². The lowest BCUT2D eigenvalue weighted by Gasteiger charge is -2.04. The molecule has 2 heterocycles. The van der Waals surface area contributed by atoms with Crippen LogP contribution in [-0.2, 0) is 23.1 Å². The van der Waals surface area contributed by atoms with E-state index in [2.05, 4.69) is 10.0 Å². The molecule has 0 bridgehead atoms. The summed E-state index contributed by atoms with van der Waals surface area (Å²) in [5, 5.41) is 3.03. The van der Waals surface area contributed by atoms with Crippen molar-refractivity contribution in [1.29, 1.82) is 0 Å². The largest absolute Gasteiger partial charge is 0.315 e. The van der Waals surface area contributed by atoms with Crippen molar-refractivity contribution in [3.8, 4) is 0 Å².